The molecule has 1 atom stereocenters. The quantitative estimate of drug-likeness (QED) is 0.582. The third kappa shape index (κ3) is 3.94. The molecule has 2 amide bonds. The lowest BCUT2D eigenvalue weighted by atomic mass is 10.2. The highest BCUT2D eigenvalue weighted by molar-refractivity contribution is 5.98. The number of nitrogens with one attached hydrogen (secondary N) is 1. The number of rotatable bonds is 5. The predicted octanol–water partition coefficient (Wildman–Crippen LogP) is 2.44. The molecule has 13 heteroatoms. The van der Waals surface area contributed by atoms with Gasteiger partial charge in [-0.15, -0.1) is 0 Å². The van der Waals surface area contributed by atoms with Gasteiger partial charge in [-0.25, -0.2) is 9.37 Å². The zero-order valence-corrected chi connectivity index (χ0v) is 17.5. The van der Waals surface area contributed by atoms with Crippen molar-refractivity contribution in [1.29, 1.82) is 0 Å². The summed E-state index contributed by atoms with van der Waals surface area (Å²) in [6, 6.07) is 2.64. The Kier molecular flexibility index (Phi) is 5.42. The molecule has 3 aromatic rings. The molecule has 0 aliphatic carbocycles. The van der Waals surface area contributed by atoms with Gasteiger partial charge >= 0.3 is 6.18 Å². The SMILES string of the molecule is CC[C@H](C)N1Cc2c(n(CC(=O)Nc3ccc(F)cn3)c3cc(C(F)(F)F)nn3c2=O)C1=O. The minimum absolute atomic E-state index is 0.00663. The summed E-state index contributed by atoms with van der Waals surface area (Å²) in [5.74, 6) is -1.93. The second-order valence-corrected chi connectivity index (χ2v) is 7.62. The van der Waals surface area contributed by atoms with Gasteiger partial charge in [0.2, 0.25) is 5.91 Å². The molecule has 1 N–H and O–H groups in total. The van der Waals surface area contributed by atoms with E-state index in [2.05, 4.69) is 15.4 Å². The largest absolute Gasteiger partial charge is 0.435 e. The molecule has 0 spiro atoms. The lowest BCUT2D eigenvalue weighted by Gasteiger charge is -2.22. The maximum absolute atomic E-state index is 13.3. The number of nitrogens with zero attached hydrogens (tertiary/aromatic N) is 5. The van der Waals surface area contributed by atoms with Crippen molar-refractivity contribution in [3.05, 3.63) is 57.5 Å². The zero-order valence-electron chi connectivity index (χ0n) is 17.5. The molecule has 3 aromatic heterocycles. The van der Waals surface area contributed by atoms with Gasteiger partial charge in [0.15, 0.2) is 5.69 Å². The molecule has 1 aliphatic heterocycles. The molecular weight excluding hydrogens is 448 g/mol. The Bertz CT molecular complexity index is 1310. The molecule has 0 saturated carbocycles. The third-order valence-corrected chi connectivity index (χ3v) is 5.48. The van der Waals surface area contributed by atoms with Crippen molar-refractivity contribution in [1.82, 2.24) is 24.1 Å². The number of carbonyl (C=O) groups excluding carboxylic acids is 2. The van der Waals surface area contributed by atoms with Crippen LogP contribution in [-0.4, -0.2) is 41.9 Å². The molecule has 0 saturated heterocycles. The summed E-state index contributed by atoms with van der Waals surface area (Å²) < 4.78 is 54.5. The average Bonchev–Trinajstić information content (AvgIpc) is 3.35. The van der Waals surface area contributed by atoms with E-state index in [0.29, 0.717) is 17.0 Å². The standard InChI is InChI=1S/C20H18F4N6O3/c1-3-10(2)28-8-12-17(19(28)33)29(9-15(31)26-14-5-4-11(21)7-25-14)16-6-13(20(22,23)24)27-30(16)18(12)32/h4-7,10H,3,8-9H2,1-2H3,(H,25,26,31)/t10-/m0/s1. The number of alkyl halides is 3. The Labute approximate surface area is 183 Å². The Balaban J connectivity index is 1.83. The van der Waals surface area contributed by atoms with Gasteiger partial charge in [-0.3, -0.25) is 14.4 Å². The van der Waals surface area contributed by atoms with E-state index < -0.39 is 41.6 Å². The summed E-state index contributed by atoms with van der Waals surface area (Å²) in [6.07, 6.45) is -3.38. The molecule has 33 heavy (non-hydrogen) atoms. The lowest BCUT2D eigenvalue weighted by Crippen LogP contribution is -2.34. The number of hydrogen-bond acceptors (Lipinski definition) is 5. The van der Waals surface area contributed by atoms with Crippen LogP contribution in [-0.2, 0) is 24.1 Å². The van der Waals surface area contributed by atoms with Gasteiger partial charge in [0.25, 0.3) is 11.5 Å². The van der Waals surface area contributed by atoms with Gasteiger partial charge in [-0.2, -0.15) is 22.8 Å². The fraction of sp³-hybridized carbons (Fsp3) is 0.350. The first-order valence-corrected chi connectivity index (χ1v) is 9.96. The average molecular weight is 466 g/mol. The van der Waals surface area contributed by atoms with E-state index in [4.69, 9.17) is 0 Å². The highest BCUT2D eigenvalue weighted by Gasteiger charge is 2.39. The fourth-order valence-corrected chi connectivity index (χ4v) is 3.64. The number of amides is 2. The minimum atomic E-state index is -4.84. The molecule has 0 bridgehead atoms. The first kappa shape index (κ1) is 22.4. The van der Waals surface area contributed by atoms with Gasteiger partial charge in [-0.1, -0.05) is 6.92 Å². The first-order chi connectivity index (χ1) is 15.5. The maximum Gasteiger partial charge on any atom is 0.435 e. The highest BCUT2D eigenvalue weighted by Crippen LogP contribution is 2.30. The topological polar surface area (TPSA) is 102 Å². The number of pyridine rings is 1. The van der Waals surface area contributed by atoms with Crippen molar-refractivity contribution >= 4 is 23.3 Å². The van der Waals surface area contributed by atoms with Crippen LogP contribution in [0.1, 0.15) is 42.0 Å². The second kappa shape index (κ2) is 7.98. The van der Waals surface area contributed by atoms with E-state index in [9.17, 15) is 31.9 Å². The highest BCUT2D eigenvalue weighted by atomic mass is 19.4. The Hall–Kier alpha value is -3.77. The third-order valence-electron chi connectivity index (χ3n) is 5.48. The van der Waals surface area contributed by atoms with Gasteiger partial charge < -0.3 is 14.8 Å². The molecule has 174 valence electrons. The van der Waals surface area contributed by atoms with Crippen molar-refractivity contribution in [2.24, 2.45) is 0 Å². The van der Waals surface area contributed by atoms with Crippen molar-refractivity contribution in [2.45, 2.75) is 45.6 Å². The van der Waals surface area contributed by atoms with Gasteiger partial charge in [-0.05, 0) is 25.5 Å². The van der Waals surface area contributed by atoms with Crippen LogP contribution < -0.4 is 10.9 Å². The number of fused-ring (bicyclic) bond motifs is 2. The summed E-state index contributed by atoms with van der Waals surface area (Å²) in [7, 11) is 0. The van der Waals surface area contributed by atoms with E-state index in [1.54, 1.807) is 6.92 Å². The van der Waals surface area contributed by atoms with Crippen LogP contribution >= 0.6 is 0 Å². The molecule has 4 heterocycles. The van der Waals surface area contributed by atoms with Crippen LogP contribution in [0.5, 0.6) is 0 Å². The van der Waals surface area contributed by atoms with Crippen molar-refractivity contribution in [3.8, 4) is 0 Å². The number of carbonyl (C=O) groups is 2. The monoisotopic (exact) mass is 466 g/mol. The van der Waals surface area contributed by atoms with Crippen molar-refractivity contribution in [3.63, 3.8) is 0 Å². The lowest BCUT2D eigenvalue weighted by molar-refractivity contribution is -0.141. The molecule has 0 aromatic carbocycles. The second-order valence-electron chi connectivity index (χ2n) is 7.62. The molecule has 1 aliphatic rings. The fourth-order valence-electron chi connectivity index (χ4n) is 3.64. The van der Waals surface area contributed by atoms with Crippen LogP contribution in [0.4, 0.5) is 23.4 Å². The molecular formula is C20H18F4N6O3. The van der Waals surface area contributed by atoms with Gasteiger partial charge in [0.1, 0.15) is 29.5 Å². The van der Waals surface area contributed by atoms with Crippen LogP contribution in [0.2, 0.25) is 0 Å². The van der Waals surface area contributed by atoms with E-state index in [1.165, 1.54) is 11.0 Å². The van der Waals surface area contributed by atoms with Crippen LogP contribution in [0.15, 0.2) is 29.2 Å². The van der Waals surface area contributed by atoms with Crippen molar-refractivity contribution < 1.29 is 27.2 Å². The van der Waals surface area contributed by atoms with E-state index in [-0.39, 0.29) is 35.3 Å². The number of halogens is 4. The van der Waals surface area contributed by atoms with Gasteiger partial charge in [0.05, 0.1) is 18.3 Å². The van der Waals surface area contributed by atoms with E-state index in [1.807, 2.05) is 6.92 Å². The van der Waals surface area contributed by atoms with Crippen LogP contribution in [0.3, 0.4) is 0 Å². The van der Waals surface area contributed by atoms with Crippen LogP contribution in [0.25, 0.3) is 5.65 Å². The Morgan fingerprint density at radius 2 is 2.00 bits per heavy atom. The summed E-state index contributed by atoms with van der Waals surface area (Å²) in [4.78, 5) is 43.8. The summed E-state index contributed by atoms with van der Waals surface area (Å²) >= 11 is 0. The van der Waals surface area contributed by atoms with Crippen LogP contribution in [0, 0.1) is 5.82 Å². The summed E-state index contributed by atoms with van der Waals surface area (Å²) in [5, 5.41) is 5.77. The number of anilines is 1. The summed E-state index contributed by atoms with van der Waals surface area (Å²) in [5.41, 5.74) is -2.75. The molecule has 4 rings (SSSR count). The molecule has 0 unspecified atom stereocenters. The van der Waals surface area contributed by atoms with E-state index in [0.717, 1.165) is 16.8 Å². The molecule has 9 nitrogen and oxygen atoms in total. The molecule has 0 radical (unpaired) electrons. The number of hydrogen-bond donors (Lipinski definition) is 1. The van der Waals surface area contributed by atoms with Crippen molar-refractivity contribution in [2.75, 3.05) is 5.32 Å². The molecule has 0 fully saturated rings. The Morgan fingerprint density at radius 1 is 1.27 bits per heavy atom. The zero-order chi connectivity index (χ0) is 24.1. The number of aromatic nitrogens is 4. The Morgan fingerprint density at radius 3 is 2.61 bits per heavy atom. The summed E-state index contributed by atoms with van der Waals surface area (Å²) in [6.45, 7) is 2.91. The first-order valence-electron chi connectivity index (χ1n) is 9.96. The van der Waals surface area contributed by atoms with Gasteiger partial charge in [0, 0.05) is 12.1 Å². The minimum Gasteiger partial charge on any atom is -0.330 e. The maximum atomic E-state index is 13.3. The predicted molar refractivity (Wildman–Crippen MR) is 107 cm³/mol. The smallest absolute Gasteiger partial charge is 0.330 e. The normalized spacial score (nSPS) is 14.6. The van der Waals surface area contributed by atoms with E-state index >= 15 is 0 Å².